The number of hydrogen-bond acceptors (Lipinski definition) is 4. The van der Waals surface area contributed by atoms with E-state index in [1.54, 1.807) is 18.9 Å². The molecule has 0 spiro atoms. The van der Waals surface area contributed by atoms with E-state index in [0.717, 1.165) is 10.9 Å². The quantitative estimate of drug-likeness (QED) is 0.401. The molecule has 0 saturated heterocycles. The predicted molar refractivity (Wildman–Crippen MR) is 87.6 cm³/mol. The molecule has 0 saturated carbocycles. The zero-order valence-corrected chi connectivity index (χ0v) is 12.1. The number of aryl methyl sites for hydroxylation is 1. The van der Waals surface area contributed by atoms with Crippen molar-refractivity contribution in [2.24, 2.45) is 5.11 Å². The van der Waals surface area contributed by atoms with E-state index in [1.807, 2.05) is 24.3 Å². The first-order chi connectivity index (χ1) is 11.5. The Morgan fingerprint density at radius 3 is 2.64 bits per heavy atom. The van der Waals surface area contributed by atoms with E-state index in [9.17, 15) is 0 Å². The van der Waals surface area contributed by atoms with Gasteiger partial charge in [0.1, 0.15) is 11.6 Å². The molecule has 0 bridgehead atoms. The molecule has 0 amide bonds. The lowest BCUT2D eigenvalue weighted by Crippen LogP contribution is -2.12. The van der Waals surface area contributed by atoms with Gasteiger partial charge in [-0.15, -0.1) is 0 Å². The lowest BCUT2D eigenvalue weighted by Gasteiger charge is -2.20. The fraction of sp³-hybridized carbons (Fsp3) is 0.125. The van der Waals surface area contributed by atoms with Crippen LogP contribution >= 0.6 is 0 Å². The lowest BCUT2D eigenvalue weighted by molar-refractivity contribution is 1.04. The summed E-state index contributed by atoms with van der Waals surface area (Å²) in [5.74, 6) is 1.23. The first kappa shape index (κ1) is 11.5. The molecule has 0 radical (unpaired) electrons. The Morgan fingerprint density at radius 2 is 1.91 bits per heavy atom. The van der Waals surface area contributed by atoms with Gasteiger partial charge < -0.3 is 4.90 Å². The third-order valence-corrected chi connectivity index (χ3v) is 3.22. The van der Waals surface area contributed by atoms with Crippen molar-refractivity contribution in [3.05, 3.63) is 64.8 Å². The third kappa shape index (κ3) is 2.55. The van der Waals surface area contributed by atoms with Crippen LogP contribution in [0.2, 0.25) is 0 Å². The molecule has 22 heavy (non-hydrogen) atoms. The Balaban J connectivity index is 2.20. The van der Waals surface area contributed by atoms with Crippen molar-refractivity contribution >= 4 is 28.1 Å². The Bertz CT molecular complexity index is 958. The van der Waals surface area contributed by atoms with E-state index in [-0.39, 0.29) is 17.8 Å². The molecular weight excluding hydrogens is 276 g/mol. The van der Waals surface area contributed by atoms with Crippen LogP contribution in [0.15, 0.2) is 53.6 Å². The van der Waals surface area contributed by atoms with Crippen molar-refractivity contribution in [1.29, 1.82) is 0 Å². The molecule has 3 rings (SSSR count). The lowest BCUT2D eigenvalue weighted by atomic mass is 10.2. The largest absolute Gasteiger partial charge is 0.329 e. The molecule has 1 aromatic heterocycles. The van der Waals surface area contributed by atoms with E-state index in [2.05, 4.69) is 20.0 Å². The molecule has 108 valence electrons. The SMILES string of the molecule is [3H]c1cc(N=[N+]=[N-])cc([3H])c1N(C)c1nc(C)nc2ccccc12. The Hall–Kier alpha value is -3.11. The van der Waals surface area contributed by atoms with Crippen LogP contribution in [0.4, 0.5) is 17.2 Å². The van der Waals surface area contributed by atoms with Crippen molar-refractivity contribution in [2.75, 3.05) is 11.9 Å². The highest BCUT2D eigenvalue weighted by atomic mass is 15.2. The minimum atomic E-state index is 0.0905. The van der Waals surface area contributed by atoms with E-state index in [4.69, 9.17) is 8.27 Å². The summed E-state index contributed by atoms with van der Waals surface area (Å²) in [7, 11) is 1.76. The molecule has 0 aliphatic heterocycles. The molecule has 0 N–H and O–H groups in total. The van der Waals surface area contributed by atoms with Crippen LogP contribution in [0.1, 0.15) is 8.57 Å². The molecule has 0 aliphatic carbocycles. The summed E-state index contributed by atoms with van der Waals surface area (Å²) in [6.07, 6.45) is 0. The molecule has 6 heteroatoms. The number of anilines is 2. The van der Waals surface area contributed by atoms with E-state index in [0.29, 0.717) is 17.3 Å². The van der Waals surface area contributed by atoms with E-state index < -0.39 is 0 Å². The number of rotatable bonds is 3. The second kappa shape index (κ2) is 5.71. The predicted octanol–water partition coefficient (Wildman–Crippen LogP) is 4.65. The minimum absolute atomic E-state index is 0.0905. The molecule has 0 fully saturated rings. The van der Waals surface area contributed by atoms with Crippen LogP contribution in [-0.2, 0) is 0 Å². The van der Waals surface area contributed by atoms with Gasteiger partial charge in [-0.05, 0) is 36.7 Å². The first-order valence-electron chi connectivity index (χ1n) is 7.64. The minimum Gasteiger partial charge on any atom is -0.329 e. The highest BCUT2D eigenvalue weighted by Gasteiger charge is 2.11. The van der Waals surface area contributed by atoms with Gasteiger partial charge in [0.15, 0.2) is 0 Å². The van der Waals surface area contributed by atoms with Gasteiger partial charge in [0.25, 0.3) is 0 Å². The van der Waals surface area contributed by atoms with Crippen molar-refractivity contribution in [2.45, 2.75) is 6.92 Å². The maximum atomic E-state index is 8.52. The van der Waals surface area contributed by atoms with Crippen LogP contribution in [0.25, 0.3) is 21.3 Å². The summed E-state index contributed by atoms with van der Waals surface area (Å²) >= 11 is 0. The van der Waals surface area contributed by atoms with Crippen molar-refractivity contribution < 1.29 is 2.74 Å². The van der Waals surface area contributed by atoms with Crippen molar-refractivity contribution in [3.8, 4) is 0 Å². The molecule has 3 aromatic rings. The third-order valence-electron chi connectivity index (χ3n) is 3.22. The number of azide groups is 1. The Morgan fingerprint density at radius 1 is 1.18 bits per heavy atom. The van der Waals surface area contributed by atoms with Gasteiger partial charge >= 0.3 is 0 Å². The van der Waals surface area contributed by atoms with E-state index >= 15 is 0 Å². The zero-order chi connectivity index (χ0) is 17.3. The van der Waals surface area contributed by atoms with Crippen LogP contribution in [0.3, 0.4) is 0 Å². The van der Waals surface area contributed by atoms with Crippen LogP contribution in [0, 0.1) is 6.92 Å². The maximum absolute atomic E-state index is 8.52. The standard InChI is InChI=1S/C16H14N6/c1-11-18-15-6-4-3-5-14(15)16(19-11)22(2)13-9-7-12(8-10-13)20-21-17/h3-10H,1-2H3/i9T,10T. The van der Waals surface area contributed by atoms with E-state index in [1.165, 1.54) is 12.1 Å². The number of nitrogens with zero attached hydrogens (tertiary/aromatic N) is 6. The number of para-hydroxylation sites is 1. The molecular formula is C16H14N6. The first-order valence-corrected chi connectivity index (χ1v) is 6.64. The van der Waals surface area contributed by atoms with Gasteiger partial charge in [0.05, 0.1) is 8.26 Å². The molecule has 0 unspecified atom stereocenters. The molecule has 0 aliphatic rings. The average molecular weight is 294 g/mol. The van der Waals surface area contributed by atoms with Crippen molar-refractivity contribution in [1.82, 2.24) is 9.97 Å². The fourth-order valence-electron chi connectivity index (χ4n) is 2.21. The number of benzene rings is 2. The fourth-order valence-corrected chi connectivity index (χ4v) is 2.21. The summed E-state index contributed by atoms with van der Waals surface area (Å²) in [5.41, 5.74) is 9.95. The number of fused-ring (bicyclic) bond motifs is 1. The Labute approximate surface area is 130 Å². The van der Waals surface area contributed by atoms with Gasteiger partial charge in [-0.3, -0.25) is 0 Å². The van der Waals surface area contributed by atoms with Gasteiger partial charge in [-0.25, -0.2) is 9.97 Å². The van der Waals surface area contributed by atoms with Gasteiger partial charge in [0.2, 0.25) is 0 Å². The summed E-state index contributed by atoms with van der Waals surface area (Å²) in [6, 6.07) is 10.6. The van der Waals surface area contributed by atoms with Crippen molar-refractivity contribution in [3.63, 3.8) is 0 Å². The molecule has 2 aromatic carbocycles. The highest BCUT2D eigenvalue weighted by Crippen LogP contribution is 2.29. The van der Waals surface area contributed by atoms with Gasteiger partial charge in [-0.2, -0.15) is 0 Å². The van der Waals surface area contributed by atoms with Crippen LogP contribution in [-0.4, -0.2) is 17.0 Å². The summed E-state index contributed by atoms with van der Waals surface area (Å²) in [4.78, 5) is 13.3. The second-order valence-electron chi connectivity index (χ2n) is 4.71. The zero-order valence-electron chi connectivity index (χ0n) is 14.1. The molecule has 0 atom stereocenters. The topological polar surface area (TPSA) is 77.8 Å². The monoisotopic (exact) mass is 294 g/mol. The molecule has 1 heterocycles. The van der Waals surface area contributed by atoms with Crippen LogP contribution < -0.4 is 4.90 Å². The Kier molecular flexibility index (Phi) is 3.00. The highest BCUT2D eigenvalue weighted by molar-refractivity contribution is 5.91. The number of hydrogen-bond donors (Lipinski definition) is 0. The van der Waals surface area contributed by atoms with Gasteiger partial charge in [0, 0.05) is 28.7 Å². The second-order valence-corrected chi connectivity index (χ2v) is 4.71. The van der Waals surface area contributed by atoms with Gasteiger partial charge in [-0.1, -0.05) is 29.4 Å². The average Bonchev–Trinajstić information content (AvgIpc) is 2.53. The summed E-state index contributed by atoms with van der Waals surface area (Å²) < 4.78 is 16.4. The summed E-state index contributed by atoms with van der Waals surface area (Å²) in [6.45, 7) is 1.80. The molecule has 6 nitrogen and oxygen atoms in total. The number of aromatic nitrogens is 2. The smallest absolute Gasteiger partial charge is 0.144 e. The van der Waals surface area contributed by atoms with Crippen LogP contribution in [0.5, 0.6) is 0 Å². The summed E-state index contributed by atoms with van der Waals surface area (Å²) in [5, 5.41) is 4.30. The normalized spacial score (nSPS) is 11.5. The maximum Gasteiger partial charge on any atom is 0.144 e.